The number of piperidine rings is 5. The monoisotopic (exact) mass is 1880 g/mol. The summed E-state index contributed by atoms with van der Waals surface area (Å²) in [5.41, 5.74) is 13.2. The third kappa shape index (κ3) is 22.4. The Labute approximate surface area is 800 Å². The minimum Gasteiger partial charge on any atom is -0.443 e. The molecular weight excluding hydrogens is 1770 g/mol. The van der Waals surface area contributed by atoms with Crippen molar-refractivity contribution < 1.29 is 46.5 Å². The van der Waals surface area contributed by atoms with E-state index in [0.717, 1.165) is 201 Å². The van der Waals surface area contributed by atoms with Gasteiger partial charge >= 0.3 is 0 Å². The third-order valence-corrected chi connectivity index (χ3v) is 25.6. The van der Waals surface area contributed by atoms with E-state index in [1.165, 1.54) is 61.2 Å². The molecule has 5 aliphatic rings. The number of hydrogen-bond acceptors (Lipinski definition) is 28. The molecule has 0 unspecified atom stereocenters. The number of carbonyl (C=O) groups is 6. The largest absolute Gasteiger partial charge is 0.443 e. The molecule has 5 saturated heterocycles. The number of terminal acetylenes is 3. The molecule has 138 heavy (non-hydrogen) atoms. The summed E-state index contributed by atoms with van der Waals surface area (Å²) in [5.74, 6) is 10.5. The number of hydrogen-bond donors (Lipinski definition) is 11. The predicted octanol–water partition coefficient (Wildman–Crippen LogP) is 14.0. The second-order valence-corrected chi connectivity index (χ2v) is 35.5. The van der Waals surface area contributed by atoms with Crippen molar-refractivity contribution in [3.63, 3.8) is 0 Å². The van der Waals surface area contributed by atoms with Crippen molar-refractivity contribution >= 4 is 130 Å². The van der Waals surface area contributed by atoms with E-state index in [0.29, 0.717) is 78.4 Å². The van der Waals surface area contributed by atoms with Crippen molar-refractivity contribution in [1.29, 1.82) is 0 Å². The van der Waals surface area contributed by atoms with Crippen molar-refractivity contribution in [1.82, 2.24) is 115 Å². The number of oxazole rings is 3. The fourth-order valence-electron chi connectivity index (χ4n) is 18.1. The molecule has 714 valence electrons. The number of amides is 6. The summed E-state index contributed by atoms with van der Waals surface area (Å²) in [4.78, 5) is 144. The lowest BCUT2D eigenvalue weighted by Crippen LogP contribution is -2.45. The zero-order valence-electron chi connectivity index (χ0n) is 78.1. The van der Waals surface area contributed by atoms with E-state index in [1.807, 2.05) is 102 Å². The third-order valence-electron chi connectivity index (χ3n) is 24.7. The van der Waals surface area contributed by atoms with Crippen molar-refractivity contribution in [3.8, 4) is 93.4 Å². The predicted molar refractivity (Wildman–Crippen MR) is 529 cm³/mol. The number of likely N-dealkylation sites (tertiary alicyclic amines) is 5. The highest BCUT2D eigenvalue weighted by molar-refractivity contribution is 7.13. The molecule has 11 N–H and O–H groups in total. The lowest BCUT2D eigenvalue weighted by molar-refractivity contribution is -0.132. The van der Waals surface area contributed by atoms with Gasteiger partial charge in [-0.3, -0.25) is 28.8 Å². The summed E-state index contributed by atoms with van der Waals surface area (Å²) >= 11 is 1.40. The van der Waals surface area contributed by atoms with Gasteiger partial charge in [-0.1, -0.05) is 36.8 Å². The van der Waals surface area contributed by atoms with Gasteiger partial charge in [-0.15, -0.1) is 30.6 Å². The molecule has 20 rings (SSSR count). The molecular formula is C99H112N28O10S. The molecule has 15 aromatic rings. The number of aromatic amines is 5. The van der Waals surface area contributed by atoms with Gasteiger partial charge in [-0.05, 0) is 128 Å². The Balaban J connectivity index is 0.000000125. The average molecular weight is 1890 g/mol. The first-order valence-corrected chi connectivity index (χ1v) is 47.4. The SMILES string of the molecule is C#CCC(=O)N1CCC[C@@H](Nc2c(-c3nc(C(=O)NC)cs3)cnc3[nH]ccc23)C1.C#CCC(=O)N1CCC[C@@H](Nc2c(-c3ncc(C)o3)cnc3[nH]ccc23)C1.C#CCC(=O)N1CCC[C@@H](Nc2c(-c3ncon3)cnc3[nH]ccc23)C1.CCC(=O)N1CCC[C@@H](Nc2c(-c3nc(C(=O)N(C)C)co3)cnc3[nH]ccc23)C1.CCCN1CCC[C@@H](Nc2c(-c3ncc(C)o3)cnc3[nH]ccc23)C1. The lowest BCUT2D eigenvalue weighted by atomic mass is 10.0. The van der Waals surface area contributed by atoms with Crippen LogP contribution in [0.25, 0.3) is 111 Å². The van der Waals surface area contributed by atoms with E-state index in [2.05, 4.69) is 147 Å². The molecule has 39 heteroatoms. The van der Waals surface area contributed by atoms with Gasteiger partial charge in [0.25, 0.3) is 11.8 Å². The molecule has 38 nitrogen and oxygen atoms in total. The van der Waals surface area contributed by atoms with Gasteiger partial charge in [0, 0.05) is 211 Å². The topological polar surface area (TPSA) is 467 Å². The molecule has 5 atom stereocenters. The van der Waals surface area contributed by atoms with Crippen molar-refractivity contribution in [3.05, 3.63) is 146 Å². The highest BCUT2D eigenvalue weighted by Gasteiger charge is 2.33. The number of fused-ring (bicyclic) bond motifs is 5. The molecule has 20 heterocycles. The Morgan fingerprint density at radius 2 is 0.841 bits per heavy atom. The van der Waals surface area contributed by atoms with Crippen LogP contribution >= 0.6 is 11.3 Å². The molecule has 0 bridgehead atoms. The van der Waals surface area contributed by atoms with Crippen LogP contribution in [0, 0.1) is 50.9 Å². The standard InChI is InChI=1S/C21H26N6O3.C21H22N6O2S.C20H21N5O2.C19H25N5O.C18H18N6O2/c1-4-17(28)27-9-5-6-13(11-27)24-18-14-7-8-22-19(14)23-10-15(18)20-25-16(12-30-20)21(29)26(2)3;1-3-5-17(28)27-9-4-6-13(11-27)25-18-14-7-8-23-19(14)24-10-15(18)21-26-16(12-30-21)20(29)22-2;1-3-5-17(26)25-9-4-6-14(12-25)24-18-15-7-8-21-19(15)22-11-16(18)20-23-10-13(2)27-20;1-3-8-24-9-4-5-14(12-24)23-17-15-6-7-20-18(15)21-11-16(17)19-22-10-13(2)25-19;1-2-4-15(25)24-8-3-5-12(10-24)22-16-13-6-7-19-17(13)20-9-14(16)18-21-11-26-23-18/h7-8,10,12-13H,4-6,9,11H2,1-3H3,(H2,22,23,24);1,7-8,10,12-13H,4-6,9,11H2,2H3,(H,22,29)(H2,23,24,25);1,7-8,10-11,14H,4-6,9,12H2,2H3,(H2,21,22,24);6-7,10-11,14H,3-5,8-9,12H2,1-2H3,(H2,20,21,23);1,6-7,9,11-12H,3-5,8,10H2,(H2,19,20,22)/t2*13-;2*14-;12-/m11111/s1. The summed E-state index contributed by atoms with van der Waals surface area (Å²) in [6.45, 7) is 16.8. The first kappa shape index (κ1) is 95.5. The number of pyridine rings is 5. The summed E-state index contributed by atoms with van der Waals surface area (Å²) < 4.78 is 22.0. The van der Waals surface area contributed by atoms with E-state index >= 15 is 0 Å². The molecule has 0 aliphatic carbocycles. The van der Waals surface area contributed by atoms with Crippen LogP contribution in [0.3, 0.4) is 0 Å². The van der Waals surface area contributed by atoms with Crippen LogP contribution in [0.2, 0.25) is 0 Å². The van der Waals surface area contributed by atoms with Gasteiger partial charge in [-0.2, -0.15) is 4.98 Å². The van der Waals surface area contributed by atoms with Crippen LogP contribution in [-0.2, 0) is 19.2 Å². The molecule has 0 radical (unpaired) electrons. The minimum absolute atomic E-state index is 0.00101. The zero-order chi connectivity index (χ0) is 96.3. The maximum absolute atomic E-state index is 12.2. The van der Waals surface area contributed by atoms with Crippen LogP contribution in [0.15, 0.2) is 141 Å². The average Bonchev–Trinajstić information content (AvgIpc) is 1.64. The number of H-pyrrole nitrogens is 5. The fraction of sp³-hybridized carbons (Fsp3) is 0.384. The number of aryl methyl sites for hydroxylation is 2. The van der Waals surface area contributed by atoms with Gasteiger partial charge in [0.1, 0.15) is 56.7 Å². The van der Waals surface area contributed by atoms with Crippen LogP contribution < -0.4 is 31.9 Å². The maximum atomic E-state index is 12.2. The molecule has 0 saturated carbocycles. The Kier molecular flexibility index (Phi) is 30.9. The molecule has 5 aliphatic heterocycles. The molecule has 0 spiro atoms. The summed E-state index contributed by atoms with van der Waals surface area (Å²) in [7, 11) is 4.92. The smallest absolute Gasteiger partial charge is 0.275 e. The van der Waals surface area contributed by atoms with Crippen LogP contribution in [0.4, 0.5) is 28.4 Å². The van der Waals surface area contributed by atoms with Crippen molar-refractivity contribution in [2.75, 3.05) is 120 Å². The number of carbonyl (C=O) groups excluding carboxylic acids is 6. The highest BCUT2D eigenvalue weighted by Crippen LogP contribution is 2.42. The van der Waals surface area contributed by atoms with Crippen molar-refractivity contribution in [2.45, 2.75) is 154 Å². The number of aromatic nitrogens is 16. The Bertz CT molecular complexity index is 6910. The highest BCUT2D eigenvalue weighted by atomic mass is 32.1. The molecule has 15 aromatic heterocycles. The minimum atomic E-state index is -0.226. The summed E-state index contributed by atoms with van der Waals surface area (Å²) in [6, 6.07) is 10.8. The summed E-state index contributed by atoms with van der Waals surface area (Å²) in [6.07, 6.45) is 52.1. The quantitative estimate of drug-likeness (QED) is 0.0265. The first-order chi connectivity index (χ1) is 67.2. The van der Waals surface area contributed by atoms with Crippen LogP contribution in [0.5, 0.6) is 0 Å². The Morgan fingerprint density at radius 3 is 1.21 bits per heavy atom. The van der Waals surface area contributed by atoms with Crippen LogP contribution in [0.1, 0.15) is 143 Å². The van der Waals surface area contributed by atoms with Gasteiger partial charge in [-0.25, -0.2) is 44.9 Å². The molecule has 5 fully saturated rings. The number of thiazole rings is 1. The second kappa shape index (κ2) is 44.6. The van der Waals surface area contributed by atoms with E-state index < -0.39 is 0 Å². The second-order valence-electron chi connectivity index (χ2n) is 34.7. The molecule has 0 aromatic carbocycles. The number of anilines is 5. The number of nitrogens with zero attached hydrogens (tertiary/aromatic N) is 17. The normalized spacial score (nSPS) is 17.1. The van der Waals surface area contributed by atoms with E-state index in [9.17, 15) is 28.8 Å². The lowest BCUT2D eigenvalue weighted by Gasteiger charge is -2.34. The van der Waals surface area contributed by atoms with Gasteiger partial charge in [0.2, 0.25) is 53.5 Å². The zero-order valence-corrected chi connectivity index (χ0v) is 79.0. The van der Waals surface area contributed by atoms with E-state index in [-0.39, 0.29) is 84.6 Å². The van der Waals surface area contributed by atoms with Gasteiger partial charge in [0.15, 0.2) is 5.69 Å². The first-order valence-electron chi connectivity index (χ1n) is 46.5. The van der Waals surface area contributed by atoms with E-state index in [1.54, 1.807) is 63.7 Å². The van der Waals surface area contributed by atoms with E-state index in [4.69, 9.17) is 37.0 Å². The van der Waals surface area contributed by atoms with Gasteiger partial charge < -0.3 is 104 Å². The molecule has 6 amide bonds. The Morgan fingerprint density at radius 1 is 0.464 bits per heavy atom. The summed E-state index contributed by atoms with van der Waals surface area (Å²) in [5, 5.41) is 32.0. The fourth-order valence-corrected chi connectivity index (χ4v) is 18.9. The Hall–Kier alpha value is -15.7. The van der Waals surface area contributed by atoms with Crippen LogP contribution in [-0.4, -0.2) is 268 Å². The number of nitrogens with one attached hydrogen (secondary N) is 11. The maximum Gasteiger partial charge on any atom is 0.275 e. The van der Waals surface area contributed by atoms with Gasteiger partial charge in [0.05, 0.1) is 87.9 Å². The number of rotatable bonds is 23. The van der Waals surface area contributed by atoms with Crippen molar-refractivity contribution in [2.24, 2.45) is 0 Å².